The van der Waals surface area contributed by atoms with Gasteiger partial charge in [0.1, 0.15) is 0 Å². The third-order valence-electron chi connectivity index (χ3n) is 5.50. The van der Waals surface area contributed by atoms with Crippen molar-refractivity contribution in [3.05, 3.63) is 10.6 Å². The van der Waals surface area contributed by atoms with Crippen LogP contribution in [0.3, 0.4) is 0 Å². The molecule has 2 atom stereocenters. The summed E-state index contributed by atoms with van der Waals surface area (Å²) in [5.41, 5.74) is 1.25. The fourth-order valence-corrected chi connectivity index (χ4v) is 5.18. The fourth-order valence-electron chi connectivity index (χ4n) is 4.09. The van der Waals surface area contributed by atoms with Crippen molar-refractivity contribution in [3.8, 4) is 0 Å². The zero-order valence-electron chi connectivity index (χ0n) is 13.1. The minimum absolute atomic E-state index is 0.780. The summed E-state index contributed by atoms with van der Waals surface area (Å²) in [6.45, 7) is 4.44. The minimum atomic E-state index is 0.780. The van der Waals surface area contributed by atoms with Gasteiger partial charge in [0.2, 0.25) is 0 Å². The molecular weight excluding hydrogens is 278 g/mol. The Morgan fingerprint density at radius 2 is 1.95 bits per heavy atom. The third-order valence-corrected chi connectivity index (χ3v) is 6.69. The molecular formula is C17H27N3S. The highest BCUT2D eigenvalue weighted by Gasteiger charge is 2.34. The van der Waals surface area contributed by atoms with Crippen molar-refractivity contribution in [2.45, 2.75) is 76.9 Å². The summed E-state index contributed by atoms with van der Waals surface area (Å²) in [5.74, 6) is 0.935. The van der Waals surface area contributed by atoms with E-state index >= 15 is 0 Å². The lowest BCUT2D eigenvalue weighted by Crippen LogP contribution is -2.46. The number of aromatic nitrogens is 1. The maximum Gasteiger partial charge on any atom is 0.186 e. The molecule has 3 aliphatic rings. The summed E-state index contributed by atoms with van der Waals surface area (Å²) in [6, 6.07) is 1.56. The van der Waals surface area contributed by atoms with Crippen LogP contribution in [0.15, 0.2) is 0 Å². The highest BCUT2D eigenvalue weighted by Crippen LogP contribution is 2.39. The van der Waals surface area contributed by atoms with Crippen LogP contribution in [0.25, 0.3) is 0 Å². The Morgan fingerprint density at radius 3 is 2.81 bits per heavy atom. The number of nitrogens with zero attached hydrogens (tertiary/aromatic N) is 2. The van der Waals surface area contributed by atoms with Crippen molar-refractivity contribution >= 4 is 16.5 Å². The fraction of sp³-hybridized carbons (Fsp3) is 0.824. The molecule has 1 saturated heterocycles. The molecule has 0 spiro atoms. The predicted molar refractivity (Wildman–Crippen MR) is 89.0 cm³/mol. The van der Waals surface area contributed by atoms with E-state index in [1.165, 1.54) is 73.6 Å². The first-order valence-corrected chi connectivity index (χ1v) is 9.59. The Labute approximate surface area is 132 Å². The van der Waals surface area contributed by atoms with Crippen LogP contribution in [0, 0.1) is 12.8 Å². The molecule has 1 aromatic heterocycles. The summed E-state index contributed by atoms with van der Waals surface area (Å²) in [5, 5.41) is 4.94. The highest BCUT2D eigenvalue weighted by molar-refractivity contribution is 7.15. The normalized spacial score (nSPS) is 29.5. The minimum Gasteiger partial charge on any atom is -0.345 e. The summed E-state index contributed by atoms with van der Waals surface area (Å²) in [4.78, 5) is 9.04. The summed E-state index contributed by atoms with van der Waals surface area (Å²) < 4.78 is 0. The number of hydrogen-bond acceptors (Lipinski definition) is 4. The molecule has 2 heterocycles. The van der Waals surface area contributed by atoms with Crippen molar-refractivity contribution < 1.29 is 0 Å². The zero-order valence-corrected chi connectivity index (χ0v) is 13.9. The van der Waals surface area contributed by atoms with Crippen LogP contribution in [-0.4, -0.2) is 23.6 Å². The number of rotatable bonds is 4. The number of thiazole rings is 1. The van der Waals surface area contributed by atoms with Crippen molar-refractivity contribution in [2.75, 3.05) is 11.4 Å². The first-order valence-electron chi connectivity index (χ1n) is 8.77. The zero-order chi connectivity index (χ0) is 14.2. The molecule has 4 rings (SSSR count). The molecule has 0 bridgehead atoms. The van der Waals surface area contributed by atoms with Gasteiger partial charge in [0.15, 0.2) is 5.13 Å². The molecule has 21 heavy (non-hydrogen) atoms. The van der Waals surface area contributed by atoms with E-state index in [9.17, 15) is 0 Å². The van der Waals surface area contributed by atoms with Gasteiger partial charge in [-0.05, 0) is 51.4 Å². The monoisotopic (exact) mass is 305 g/mol. The van der Waals surface area contributed by atoms with Gasteiger partial charge in [-0.2, -0.15) is 0 Å². The molecule has 0 aromatic carbocycles. The summed E-state index contributed by atoms with van der Waals surface area (Å²) >= 11 is 1.94. The summed E-state index contributed by atoms with van der Waals surface area (Å²) in [7, 11) is 0. The smallest absolute Gasteiger partial charge is 0.186 e. The molecule has 3 fully saturated rings. The van der Waals surface area contributed by atoms with E-state index in [4.69, 9.17) is 4.98 Å². The van der Waals surface area contributed by atoms with Crippen LogP contribution in [0.5, 0.6) is 0 Å². The SMILES string of the molecule is Cc1nc(N2CCCC3CCCCC32)sc1CNC1CC1. The van der Waals surface area contributed by atoms with Crippen LogP contribution in [-0.2, 0) is 6.54 Å². The Kier molecular flexibility index (Phi) is 3.92. The molecule has 2 saturated carbocycles. The first-order chi connectivity index (χ1) is 10.3. The number of hydrogen-bond donors (Lipinski definition) is 1. The van der Waals surface area contributed by atoms with Gasteiger partial charge < -0.3 is 10.2 Å². The standard InChI is InChI=1S/C17H27N3S/c1-12-16(11-18-14-8-9-14)21-17(19-12)20-10-4-6-13-5-2-3-7-15(13)20/h13-15,18H,2-11H2,1H3. The van der Waals surface area contributed by atoms with Crippen LogP contribution >= 0.6 is 11.3 Å². The molecule has 2 unspecified atom stereocenters. The van der Waals surface area contributed by atoms with Crippen molar-refractivity contribution in [1.29, 1.82) is 0 Å². The topological polar surface area (TPSA) is 28.2 Å². The van der Waals surface area contributed by atoms with Gasteiger partial charge in [0.05, 0.1) is 5.69 Å². The Hall–Kier alpha value is -0.610. The van der Waals surface area contributed by atoms with Crippen molar-refractivity contribution in [3.63, 3.8) is 0 Å². The lowest BCUT2D eigenvalue weighted by molar-refractivity contribution is 0.243. The molecule has 1 N–H and O–H groups in total. The number of fused-ring (bicyclic) bond motifs is 1. The van der Waals surface area contributed by atoms with E-state index in [1.807, 2.05) is 11.3 Å². The lowest BCUT2D eigenvalue weighted by Gasteiger charge is -2.44. The molecule has 0 amide bonds. The largest absolute Gasteiger partial charge is 0.345 e. The Morgan fingerprint density at radius 1 is 1.14 bits per heavy atom. The molecule has 1 aromatic rings. The molecule has 116 valence electrons. The van der Waals surface area contributed by atoms with E-state index in [2.05, 4.69) is 17.1 Å². The second-order valence-electron chi connectivity index (χ2n) is 7.11. The average molecular weight is 305 g/mol. The summed E-state index contributed by atoms with van der Waals surface area (Å²) in [6.07, 6.45) is 11.2. The van der Waals surface area contributed by atoms with Gasteiger partial charge in [-0.25, -0.2) is 4.98 Å². The maximum atomic E-state index is 4.93. The van der Waals surface area contributed by atoms with Gasteiger partial charge in [-0.15, -0.1) is 11.3 Å². The van der Waals surface area contributed by atoms with E-state index in [1.54, 1.807) is 0 Å². The average Bonchev–Trinajstić information content (AvgIpc) is 3.27. The van der Waals surface area contributed by atoms with Crippen LogP contribution in [0.4, 0.5) is 5.13 Å². The maximum absolute atomic E-state index is 4.93. The van der Waals surface area contributed by atoms with Crippen molar-refractivity contribution in [1.82, 2.24) is 10.3 Å². The molecule has 3 nitrogen and oxygen atoms in total. The van der Waals surface area contributed by atoms with Gasteiger partial charge in [0.25, 0.3) is 0 Å². The van der Waals surface area contributed by atoms with E-state index in [0.717, 1.165) is 24.5 Å². The van der Waals surface area contributed by atoms with Crippen LogP contribution in [0.1, 0.15) is 61.9 Å². The van der Waals surface area contributed by atoms with Crippen LogP contribution in [0.2, 0.25) is 0 Å². The van der Waals surface area contributed by atoms with Gasteiger partial charge in [-0.1, -0.05) is 12.8 Å². The molecule has 1 aliphatic heterocycles. The van der Waals surface area contributed by atoms with E-state index in [0.29, 0.717) is 0 Å². The Bertz CT molecular complexity index is 492. The number of aryl methyl sites for hydroxylation is 1. The molecule has 0 radical (unpaired) electrons. The second-order valence-corrected chi connectivity index (χ2v) is 8.17. The highest BCUT2D eigenvalue weighted by atomic mass is 32.1. The van der Waals surface area contributed by atoms with E-state index < -0.39 is 0 Å². The number of nitrogens with one attached hydrogen (secondary N) is 1. The van der Waals surface area contributed by atoms with Gasteiger partial charge in [0, 0.05) is 30.1 Å². The first kappa shape index (κ1) is 14.0. The Balaban J connectivity index is 1.49. The second kappa shape index (κ2) is 5.88. The van der Waals surface area contributed by atoms with Crippen LogP contribution < -0.4 is 10.2 Å². The van der Waals surface area contributed by atoms with Crippen molar-refractivity contribution in [2.24, 2.45) is 5.92 Å². The lowest BCUT2D eigenvalue weighted by atomic mass is 9.78. The number of anilines is 1. The van der Waals surface area contributed by atoms with Gasteiger partial charge >= 0.3 is 0 Å². The quantitative estimate of drug-likeness (QED) is 0.915. The van der Waals surface area contributed by atoms with Gasteiger partial charge in [-0.3, -0.25) is 0 Å². The number of piperidine rings is 1. The molecule has 2 aliphatic carbocycles. The third kappa shape index (κ3) is 2.98. The molecule has 4 heteroatoms. The predicted octanol–water partition coefficient (Wildman–Crippen LogP) is 3.86. The van der Waals surface area contributed by atoms with E-state index in [-0.39, 0.29) is 0 Å².